The zero-order valence-corrected chi connectivity index (χ0v) is 16.2. The molecule has 29 heavy (non-hydrogen) atoms. The van der Waals surface area contributed by atoms with E-state index in [4.69, 9.17) is 17.2 Å². The van der Waals surface area contributed by atoms with Crippen molar-refractivity contribution in [1.82, 2.24) is 10.6 Å². The van der Waals surface area contributed by atoms with Crippen LogP contribution in [0.2, 0.25) is 0 Å². The summed E-state index contributed by atoms with van der Waals surface area (Å²) in [5.41, 5.74) is 0.985. The summed E-state index contributed by atoms with van der Waals surface area (Å²) in [7, 11) is 0. The van der Waals surface area contributed by atoms with E-state index >= 15 is 0 Å². The van der Waals surface area contributed by atoms with Crippen LogP contribution < -0.4 is 10.6 Å². The number of rotatable bonds is 2. The summed E-state index contributed by atoms with van der Waals surface area (Å²) in [6.45, 7) is 0. The number of thiocarbonyl (C=S) groups is 1. The van der Waals surface area contributed by atoms with E-state index in [-0.39, 0.29) is 5.11 Å². The predicted octanol–water partition coefficient (Wildman–Crippen LogP) is 3.09. The molecule has 0 saturated carbocycles. The Labute approximate surface area is 172 Å². The summed E-state index contributed by atoms with van der Waals surface area (Å²) in [4.78, 5) is 31.1. The van der Waals surface area contributed by atoms with E-state index in [1.165, 1.54) is 0 Å². The van der Waals surface area contributed by atoms with Gasteiger partial charge in [-0.05, 0) is 34.1 Å². The molecule has 2 N–H and O–H groups in total. The Hall–Kier alpha value is -3.38. The molecule has 6 heteroatoms. The molecule has 0 aliphatic carbocycles. The molecule has 3 aromatic carbocycles. The Morgan fingerprint density at radius 2 is 1.52 bits per heavy atom. The van der Waals surface area contributed by atoms with Crippen LogP contribution in [0.5, 0.6) is 0 Å². The minimum Gasteiger partial charge on any atom is -0.300 e. The summed E-state index contributed by atoms with van der Waals surface area (Å²) in [5.74, 6) is -1.39. The summed E-state index contributed by atoms with van der Waals surface area (Å²) in [5, 5.41) is 7.32. The highest BCUT2D eigenvalue weighted by molar-refractivity contribution is 7.80. The number of nitrogens with one attached hydrogen (secondary N) is 2. The predicted molar refractivity (Wildman–Crippen MR) is 116 cm³/mol. The van der Waals surface area contributed by atoms with Gasteiger partial charge in [-0.3, -0.25) is 14.6 Å². The third-order valence-electron chi connectivity index (χ3n) is 5.67. The molecular formula is C23H17N3O2S. The van der Waals surface area contributed by atoms with Crippen molar-refractivity contribution in [3.8, 4) is 0 Å². The number of hydrogen-bond donors (Lipinski definition) is 2. The number of hydrogen-bond acceptors (Lipinski definition) is 4. The second-order valence-electron chi connectivity index (χ2n) is 7.25. The van der Waals surface area contributed by atoms with Gasteiger partial charge < -0.3 is 10.6 Å². The van der Waals surface area contributed by atoms with E-state index in [1.54, 1.807) is 0 Å². The third kappa shape index (κ3) is 2.68. The first-order valence-electron chi connectivity index (χ1n) is 9.38. The Kier molecular flexibility index (Phi) is 4.03. The van der Waals surface area contributed by atoms with Gasteiger partial charge in [-0.2, -0.15) is 0 Å². The fourth-order valence-corrected chi connectivity index (χ4v) is 4.51. The maximum absolute atomic E-state index is 13.2. The Morgan fingerprint density at radius 3 is 2.28 bits per heavy atom. The number of fused-ring (bicyclic) bond motifs is 1. The molecule has 1 saturated heterocycles. The van der Waals surface area contributed by atoms with Gasteiger partial charge in [0.15, 0.2) is 5.11 Å². The molecule has 1 atom stereocenters. The fourth-order valence-electron chi connectivity index (χ4n) is 4.33. The lowest BCUT2D eigenvalue weighted by molar-refractivity contribution is -0.137. The van der Waals surface area contributed by atoms with E-state index < -0.39 is 23.3 Å². The maximum atomic E-state index is 13.2. The Bertz CT molecular complexity index is 1180. The zero-order valence-electron chi connectivity index (χ0n) is 15.4. The monoisotopic (exact) mass is 399 g/mol. The average molecular weight is 399 g/mol. The number of aliphatic imine (C=N–C) groups is 1. The highest BCUT2D eigenvalue weighted by Gasteiger charge is 2.59. The van der Waals surface area contributed by atoms with Gasteiger partial charge in [0.1, 0.15) is 0 Å². The fraction of sp³-hybridized carbons (Fsp3) is 0.130. The van der Waals surface area contributed by atoms with Crippen LogP contribution >= 0.6 is 12.2 Å². The molecule has 1 fully saturated rings. The highest BCUT2D eigenvalue weighted by atomic mass is 32.1. The van der Waals surface area contributed by atoms with Crippen molar-refractivity contribution < 1.29 is 9.59 Å². The summed E-state index contributed by atoms with van der Waals surface area (Å²) in [6, 6.07) is 23.6. The van der Waals surface area contributed by atoms with E-state index in [2.05, 4.69) is 10.6 Å². The third-order valence-corrected chi connectivity index (χ3v) is 5.87. The molecule has 5 nitrogen and oxygen atoms in total. The van der Waals surface area contributed by atoms with Gasteiger partial charge in [-0.1, -0.05) is 72.8 Å². The van der Waals surface area contributed by atoms with Gasteiger partial charge in [-0.15, -0.1) is 0 Å². The van der Waals surface area contributed by atoms with Gasteiger partial charge in [0.05, 0.1) is 0 Å². The summed E-state index contributed by atoms with van der Waals surface area (Å²) in [6.07, 6.45) is 0.478. The Balaban J connectivity index is 1.73. The molecule has 3 aromatic rings. The van der Waals surface area contributed by atoms with Crippen LogP contribution in [0.15, 0.2) is 77.8 Å². The van der Waals surface area contributed by atoms with Crippen LogP contribution in [0, 0.1) is 0 Å². The SMILES string of the molecule is O=C1NC(=S)NC(=O)C12N=C(c1ccccc1)CC2c1cccc2ccccc12. The highest BCUT2D eigenvalue weighted by Crippen LogP contribution is 2.45. The molecule has 0 radical (unpaired) electrons. The largest absolute Gasteiger partial charge is 0.300 e. The van der Waals surface area contributed by atoms with E-state index in [0.29, 0.717) is 6.42 Å². The number of amides is 2. The Morgan fingerprint density at radius 1 is 0.862 bits per heavy atom. The number of carbonyl (C=O) groups is 2. The standard InChI is InChI=1S/C23H17N3O2S/c27-20-23(21(28)25-22(29)24-20)18(13-19(26-23)15-8-2-1-3-9-15)17-12-6-10-14-7-4-5-11-16(14)17/h1-12,18H,13H2,(H2,24,25,27,28,29). The lowest BCUT2D eigenvalue weighted by Gasteiger charge is -2.34. The van der Waals surface area contributed by atoms with Gasteiger partial charge in [0.2, 0.25) is 5.54 Å². The van der Waals surface area contributed by atoms with Crippen LogP contribution in [0.1, 0.15) is 23.5 Å². The van der Waals surface area contributed by atoms with Crippen molar-refractivity contribution in [2.45, 2.75) is 17.9 Å². The second-order valence-corrected chi connectivity index (χ2v) is 7.66. The van der Waals surface area contributed by atoms with Crippen LogP contribution in [-0.2, 0) is 9.59 Å². The molecule has 2 heterocycles. The van der Waals surface area contributed by atoms with E-state index in [1.807, 2.05) is 72.8 Å². The van der Waals surface area contributed by atoms with Gasteiger partial charge in [0.25, 0.3) is 11.8 Å². The van der Waals surface area contributed by atoms with Crippen molar-refractivity contribution in [1.29, 1.82) is 0 Å². The van der Waals surface area contributed by atoms with Gasteiger partial charge >= 0.3 is 0 Å². The van der Waals surface area contributed by atoms with Gasteiger partial charge in [-0.25, -0.2) is 0 Å². The molecule has 0 aromatic heterocycles. The van der Waals surface area contributed by atoms with Crippen LogP contribution in [-0.4, -0.2) is 28.2 Å². The molecular weight excluding hydrogens is 382 g/mol. The first kappa shape index (κ1) is 17.7. The minimum atomic E-state index is -1.59. The van der Waals surface area contributed by atoms with Crippen LogP contribution in [0.3, 0.4) is 0 Å². The van der Waals surface area contributed by atoms with Crippen molar-refractivity contribution in [2.24, 2.45) is 4.99 Å². The molecule has 5 rings (SSSR count). The van der Waals surface area contributed by atoms with Crippen molar-refractivity contribution in [3.63, 3.8) is 0 Å². The van der Waals surface area contributed by atoms with Crippen LogP contribution in [0.25, 0.3) is 10.8 Å². The topological polar surface area (TPSA) is 70.6 Å². The second kappa shape index (κ2) is 6.60. The van der Waals surface area contributed by atoms with E-state index in [0.717, 1.165) is 27.6 Å². The molecule has 2 amide bonds. The molecule has 1 spiro atoms. The van der Waals surface area contributed by atoms with Crippen molar-refractivity contribution in [2.75, 3.05) is 0 Å². The zero-order chi connectivity index (χ0) is 20.0. The van der Waals surface area contributed by atoms with Crippen molar-refractivity contribution >= 4 is 45.6 Å². The first-order chi connectivity index (χ1) is 14.1. The van der Waals surface area contributed by atoms with Gasteiger partial charge in [0, 0.05) is 18.1 Å². The average Bonchev–Trinajstić information content (AvgIpc) is 3.14. The normalized spacial score (nSPS) is 20.5. The minimum absolute atomic E-state index is 0.0191. The van der Waals surface area contributed by atoms with Crippen molar-refractivity contribution in [3.05, 3.63) is 83.9 Å². The number of benzene rings is 3. The smallest absolute Gasteiger partial charge is 0.264 e. The first-order valence-corrected chi connectivity index (χ1v) is 9.79. The molecule has 1 unspecified atom stereocenters. The molecule has 2 aliphatic rings. The molecule has 0 bridgehead atoms. The number of carbonyl (C=O) groups excluding carboxylic acids is 2. The molecule has 2 aliphatic heterocycles. The van der Waals surface area contributed by atoms with E-state index in [9.17, 15) is 9.59 Å². The lowest BCUT2D eigenvalue weighted by Crippen LogP contribution is -2.66. The number of nitrogens with zero attached hydrogens (tertiary/aromatic N) is 1. The summed E-state index contributed by atoms with van der Waals surface area (Å²) >= 11 is 5.02. The lowest BCUT2D eigenvalue weighted by atomic mass is 9.75. The van der Waals surface area contributed by atoms with Crippen LogP contribution in [0.4, 0.5) is 0 Å². The maximum Gasteiger partial charge on any atom is 0.264 e. The quantitative estimate of drug-likeness (QED) is 0.514. The molecule has 142 valence electrons. The summed E-state index contributed by atoms with van der Waals surface area (Å²) < 4.78 is 0.